The Kier molecular flexibility index (Phi) is 5.94. The van der Waals surface area contributed by atoms with Gasteiger partial charge in [-0.3, -0.25) is 9.48 Å². The average Bonchev–Trinajstić information content (AvgIpc) is 3.30. The lowest BCUT2D eigenvalue weighted by molar-refractivity contribution is 0.0994. The molecule has 8 heteroatoms. The van der Waals surface area contributed by atoms with Crippen molar-refractivity contribution >= 4 is 11.6 Å². The van der Waals surface area contributed by atoms with Gasteiger partial charge in [0.15, 0.2) is 17.3 Å². The average molecular weight is 436 g/mol. The van der Waals surface area contributed by atoms with Gasteiger partial charge in [0, 0.05) is 53.9 Å². The number of aromatic nitrogens is 4. The van der Waals surface area contributed by atoms with Gasteiger partial charge >= 0.3 is 0 Å². The number of benzene rings is 1. The summed E-state index contributed by atoms with van der Waals surface area (Å²) in [4.78, 5) is 16.2. The Morgan fingerprint density at radius 2 is 2.03 bits per heavy atom. The van der Waals surface area contributed by atoms with E-state index < -0.39 is 11.7 Å². The predicted molar refractivity (Wildman–Crippen MR) is 120 cm³/mol. The number of amides is 1. The maximum atomic E-state index is 14.8. The van der Waals surface area contributed by atoms with Crippen LogP contribution in [0.1, 0.15) is 40.8 Å². The van der Waals surface area contributed by atoms with Crippen molar-refractivity contribution in [2.24, 2.45) is 12.8 Å². The summed E-state index contributed by atoms with van der Waals surface area (Å²) in [5, 5.41) is 4.17. The zero-order valence-corrected chi connectivity index (χ0v) is 18.4. The van der Waals surface area contributed by atoms with Crippen molar-refractivity contribution < 1.29 is 13.9 Å². The number of imidazole rings is 1. The fourth-order valence-corrected chi connectivity index (χ4v) is 3.92. The Hall–Kier alpha value is -3.68. The number of primary amides is 1. The van der Waals surface area contributed by atoms with Crippen LogP contribution >= 0.6 is 0 Å². The lowest BCUT2D eigenvalue weighted by atomic mass is 10.1. The van der Waals surface area contributed by atoms with E-state index in [0.29, 0.717) is 17.5 Å². The number of aryl methyl sites for hydroxylation is 2. The molecule has 7 nitrogen and oxygen atoms in total. The number of nitrogens with zero attached hydrogens (tertiary/aromatic N) is 4. The third-order valence-electron chi connectivity index (χ3n) is 5.66. The maximum absolute atomic E-state index is 14.8. The molecule has 0 atom stereocenters. The fourth-order valence-electron chi connectivity index (χ4n) is 3.92. The molecule has 0 saturated carbocycles. The molecule has 2 N–H and O–H groups in total. The summed E-state index contributed by atoms with van der Waals surface area (Å²) in [6.07, 6.45) is 6.13. The molecule has 1 aromatic carbocycles. The number of para-hydroxylation sites is 1. The molecule has 0 aliphatic carbocycles. The van der Waals surface area contributed by atoms with Crippen molar-refractivity contribution in [3.8, 4) is 16.9 Å². The van der Waals surface area contributed by atoms with Crippen LogP contribution in [-0.4, -0.2) is 31.7 Å². The molecule has 166 valence electrons. The minimum atomic E-state index is -0.591. The Bertz CT molecular complexity index is 1290. The van der Waals surface area contributed by atoms with Crippen molar-refractivity contribution in [3.05, 3.63) is 71.2 Å². The van der Waals surface area contributed by atoms with Gasteiger partial charge in [0.1, 0.15) is 5.65 Å². The lowest BCUT2D eigenvalue weighted by Gasteiger charge is -2.13. The van der Waals surface area contributed by atoms with Crippen LogP contribution in [0.4, 0.5) is 4.39 Å². The van der Waals surface area contributed by atoms with E-state index in [0.717, 1.165) is 35.4 Å². The summed E-state index contributed by atoms with van der Waals surface area (Å²) in [5.41, 5.74) is 10.6. The van der Waals surface area contributed by atoms with E-state index in [-0.39, 0.29) is 18.1 Å². The SMILES string of the molecule is CCCc1cnc2ccc(-c3cccc(F)c3OCCc3c(C(N)=O)nn(C)c3C)cn12. The molecule has 0 saturated heterocycles. The lowest BCUT2D eigenvalue weighted by Crippen LogP contribution is -2.15. The molecule has 4 rings (SSSR count). The molecular formula is C24H26FN5O2. The third kappa shape index (κ3) is 3.95. The smallest absolute Gasteiger partial charge is 0.269 e. The van der Waals surface area contributed by atoms with Gasteiger partial charge in [-0.2, -0.15) is 5.10 Å². The van der Waals surface area contributed by atoms with Gasteiger partial charge in [-0.05, 0) is 31.5 Å². The molecule has 3 aromatic heterocycles. The number of rotatable bonds is 8. The molecule has 0 bridgehead atoms. The Balaban J connectivity index is 1.63. The second kappa shape index (κ2) is 8.82. The maximum Gasteiger partial charge on any atom is 0.269 e. The minimum Gasteiger partial charge on any atom is -0.490 e. The molecule has 0 fully saturated rings. The molecule has 0 unspecified atom stereocenters. The minimum absolute atomic E-state index is 0.172. The Labute approximate surface area is 185 Å². The number of hydrogen-bond donors (Lipinski definition) is 1. The number of pyridine rings is 1. The first-order chi connectivity index (χ1) is 15.4. The largest absolute Gasteiger partial charge is 0.490 e. The van der Waals surface area contributed by atoms with E-state index in [1.54, 1.807) is 17.8 Å². The molecule has 0 aliphatic heterocycles. The number of halogens is 1. The highest BCUT2D eigenvalue weighted by atomic mass is 19.1. The van der Waals surface area contributed by atoms with Crippen molar-refractivity contribution in [1.29, 1.82) is 0 Å². The standard InChI is InChI=1S/C24H26FN5O2/c1-4-6-17-13-27-21-10-9-16(14-30(17)21)19-7-5-8-20(25)23(19)32-12-11-18-15(2)29(3)28-22(18)24(26)31/h5,7-10,13-14H,4,6,11-12H2,1-3H3,(H2,26,31). The first-order valence-electron chi connectivity index (χ1n) is 10.6. The molecular weight excluding hydrogens is 409 g/mol. The summed E-state index contributed by atoms with van der Waals surface area (Å²) in [6, 6.07) is 8.71. The van der Waals surface area contributed by atoms with E-state index in [1.165, 1.54) is 6.07 Å². The summed E-state index contributed by atoms with van der Waals surface area (Å²) in [7, 11) is 1.75. The van der Waals surface area contributed by atoms with E-state index in [1.807, 2.05) is 41.9 Å². The summed E-state index contributed by atoms with van der Waals surface area (Å²) >= 11 is 0. The first-order valence-corrected chi connectivity index (χ1v) is 10.6. The number of carbonyl (C=O) groups is 1. The van der Waals surface area contributed by atoms with Crippen molar-refractivity contribution in [3.63, 3.8) is 0 Å². The predicted octanol–water partition coefficient (Wildman–Crippen LogP) is 3.86. The summed E-state index contributed by atoms with van der Waals surface area (Å²) in [5.74, 6) is -0.863. The topological polar surface area (TPSA) is 87.4 Å². The van der Waals surface area contributed by atoms with Crippen LogP contribution < -0.4 is 10.5 Å². The second-order valence-corrected chi connectivity index (χ2v) is 7.76. The first kappa shape index (κ1) is 21.5. The molecule has 1 amide bonds. The van der Waals surface area contributed by atoms with Crippen LogP contribution in [0.2, 0.25) is 0 Å². The zero-order valence-electron chi connectivity index (χ0n) is 18.4. The molecule has 32 heavy (non-hydrogen) atoms. The highest BCUT2D eigenvalue weighted by molar-refractivity contribution is 5.92. The van der Waals surface area contributed by atoms with Crippen LogP contribution in [-0.2, 0) is 19.9 Å². The van der Waals surface area contributed by atoms with Crippen LogP contribution in [0.15, 0.2) is 42.7 Å². The van der Waals surface area contributed by atoms with Crippen molar-refractivity contribution in [2.75, 3.05) is 6.61 Å². The van der Waals surface area contributed by atoms with Gasteiger partial charge in [0.25, 0.3) is 5.91 Å². The normalized spacial score (nSPS) is 11.2. The Morgan fingerprint density at radius 1 is 1.22 bits per heavy atom. The fraction of sp³-hybridized carbons (Fsp3) is 0.292. The van der Waals surface area contributed by atoms with Crippen molar-refractivity contribution in [1.82, 2.24) is 19.2 Å². The molecule has 0 aliphatic rings. The van der Waals surface area contributed by atoms with E-state index >= 15 is 0 Å². The van der Waals surface area contributed by atoms with Gasteiger partial charge in [0.05, 0.1) is 6.61 Å². The highest BCUT2D eigenvalue weighted by Crippen LogP contribution is 2.33. The van der Waals surface area contributed by atoms with Crippen LogP contribution in [0.3, 0.4) is 0 Å². The number of fused-ring (bicyclic) bond motifs is 1. The molecule has 3 heterocycles. The van der Waals surface area contributed by atoms with Gasteiger partial charge in [0.2, 0.25) is 0 Å². The van der Waals surface area contributed by atoms with Gasteiger partial charge in [-0.15, -0.1) is 0 Å². The number of nitrogens with two attached hydrogens (primary N) is 1. The molecule has 4 aromatic rings. The molecule has 0 radical (unpaired) electrons. The van der Waals surface area contributed by atoms with Gasteiger partial charge in [-0.25, -0.2) is 9.37 Å². The van der Waals surface area contributed by atoms with Crippen molar-refractivity contribution in [2.45, 2.75) is 33.1 Å². The summed E-state index contributed by atoms with van der Waals surface area (Å²) in [6.45, 7) is 4.15. The Morgan fingerprint density at radius 3 is 2.78 bits per heavy atom. The quantitative estimate of drug-likeness (QED) is 0.455. The highest BCUT2D eigenvalue weighted by Gasteiger charge is 2.18. The summed E-state index contributed by atoms with van der Waals surface area (Å²) < 4.78 is 24.3. The van der Waals surface area contributed by atoms with E-state index in [2.05, 4.69) is 17.0 Å². The third-order valence-corrected chi connectivity index (χ3v) is 5.66. The number of carbonyl (C=O) groups excluding carboxylic acids is 1. The number of ether oxygens (including phenoxy) is 1. The van der Waals surface area contributed by atoms with E-state index in [9.17, 15) is 9.18 Å². The van der Waals surface area contributed by atoms with Crippen LogP contribution in [0, 0.1) is 12.7 Å². The van der Waals surface area contributed by atoms with E-state index in [4.69, 9.17) is 10.5 Å². The van der Waals surface area contributed by atoms with Gasteiger partial charge in [-0.1, -0.05) is 25.5 Å². The molecule has 0 spiro atoms. The second-order valence-electron chi connectivity index (χ2n) is 7.76. The van der Waals surface area contributed by atoms with Crippen LogP contribution in [0.5, 0.6) is 5.75 Å². The monoisotopic (exact) mass is 435 g/mol. The van der Waals surface area contributed by atoms with Gasteiger partial charge < -0.3 is 14.9 Å². The van der Waals surface area contributed by atoms with Crippen LogP contribution in [0.25, 0.3) is 16.8 Å². The zero-order chi connectivity index (χ0) is 22.8. The number of hydrogen-bond acceptors (Lipinski definition) is 4.